The summed E-state index contributed by atoms with van der Waals surface area (Å²) in [5.74, 6) is -1.36. The van der Waals surface area contributed by atoms with Crippen molar-refractivity contribution in [1.29, 1.82) is 0 Å². The number of nitrogens with zero attached hydrogens (tertiary/aromatic N) is 2. The van der Waals surface area contributed by atoms with Gasteiger partial charge in [-0.05, 0) is 26.3 Å². The number of aromatic nitrogens is 2. The number of amides is 1. The van der Waals surface area contributed by atoms with Gasteiger partial charge in [0.25, 0.3) is 5.91 Å². The van der Waals surface area contributed by atoms with Gasteiger partial charge in [-0.15, -0.1) is 0 Å². The molecule has 0 aliphatic rings. The summed E-state index contributed by atoms with van der Waals surface area (Å²) in [5.41, 5.74) is 2.47. The Morgan fingerprint density at radius 1 is 1.25 bits per heavy atom. The third-order valence-corrected chi connectivity index (χ3v) is 3.76. The Kier molecular flexibility index (Phi) is 5.35. The molecule has 0 aliphatic carbocycles. The number of aliphatic hydroxyl groups is 1. The molecule has 128 valence electrons. The molecule has 7 heteroatoms. The smallest absolute Gasteiger partial charge is 0.340 e. The highest BCUT2D eigenvalue weighted by Gasteiger charge is 2.25. The minimum Gasteiger partial charge on any atom is -0.450 e. The van der Waals surface area contributed by atoms with Crippen LogP contribution in [0.15, 0.2) is 30.3 Å². The van der Waals surface area contributed by atoms with Crippen LogP contribution in [0.3, 0.4) is 0 Å². The zero-order chi connectivity index (χ0) is 17.9. The van der Waals surface area contributed by atoms with E-state index in [1.54, 1.807) is 49.0 Å². The summed E-state index contributed by atoms with van der Waals surface area (Å²) in [6.07, 6.45) is -2.47. The van der Waals surface area contributed by atoms with E-state index < -0.39 is 24.1 Å². The van der Waals surface area contributed by atoms with Crippen LogP contribution in [0.1, 0.15) is 30.0 Å². The van der Waals surface area contributed by atoms with Gasteiger partial charge in [0.2, 0.25) is 0 Å². The molecule has 0 aliphatic heterocycles. The van der Waals surface area contributed by atoms with Crippen molar-refractivity contribution in [3.8, 4) is 0 Å². The van der Waals surface area contributed by atoms with E-state index in [0.29, 0.717) is 16.9 Å². The van der Waals surface area contributed by atoms with E-state index in [-0.39, 0.29) is 0 Å². The maximum absolute atomic E-state index is 12.2. The molecule has 1 aromatic carbocycles. The van der Waals surface area contributed by atoms with Gasteiger partial charge in [-0.25, -0.2) is 4.79 Å². The number of aryl methyl sites for hydroxylation is 2. The van der Waals surface area contributed by atoms with Gasteiger partial charge in [-0.3, -0.25) is 9.48 Å². The number of hydrogen-bond donors (Lipinski definition) is 2. The van der Waals surface area contributed by atoms with Crippen LogP contribution < -0.4 is 5.32 Å². The highest BCUT2D eigenvalue weighted by molar-refractivity contribution is 5.96. The van der Waals surface area contributed by atoms with E-state index in [0.717, 1.165) is 5.69 Å². The summed E-state index contributed by atoms with van der Waals surface area (Å²) >= 11 is 0. The molecule has 0 saturated heterocycles. The van der Waals surface area contributed by atoms with Gasteiger partial charge < -0.3 is 15.2 Å². The number of ether oxygens (including phenoxy) is 1. The molecule has 0 fully saturated rings. The van der Waals surface area contributed by atoms with Crippen molar-refractivity contribution in [3.05, 3.63) is 47.3 Å². The lowest BCUT2D eigenvalue weighted by Crippen LogP contribution is -2.32. The Bertz CT molecular complexity index is 740. The summed E-state index contributed by atoms with van der Waals surface area (Å²) in [5, 5.41) is 16.9. The van der Waals surface area contributed by atoms with Crippen LogP contribution in [-0.2, 0) is 21.4 Å². The SMILES string of the molecule is Cc1nn(C)c(C)c1NC(=O)[C@H](C)OC(=O)[C@@H](O)c1ccccc1. The number of benzene rings is 1. The average Bonchev–Trinajstić information content (AvgIpc) is 2.81. The fourth-order valence-corrected chi connectivity index (χ4v) is 2.24. The number of aliphatic hydroxyl groups excluding tert-OH is 1. The van der Waals surface area contributed by atoms with Crippen molar-refractivity contribution in [2.75, 3.05) is 5.32 Å². The quantitative estimate of drug-likeness (QED) is 0.813. The molecule has 7 nitrogen and oxygen atoms in total. The van der Waals surface area contributed by atoms with Crippen molar-refractivity contribution < 1.29 is 19.4 Å². The molecule has 0 bridgehead atoms. The van der Waals surface area contributed by atoms with Crippen LogP contribution in [0.4, 0.5) is 5.69 Å². The molecule has 0 spiro atoms. The van der Waals surface area contributed by atoms with Crippen LogP contribution >= 0.6 is 0 Å². The predicted molar refractivity (Wildman–Crippen MR) is 88.3 cm³/mol. The molecule has 1 aromatic heterocycles. The van der Waals surface area contributed by atoms with Crippen LogP contribution in [-0.4, -0.2) is 32.9 Å². The van der Waals surface area contributed by atoms with Crippen LogP contribution in [0.2, 0.25) is 0 Å². The van der Waals surface area contributed by atoms with Gasteiger partial charge in [0.05, 0.1) is 17.1 Å². The number of hydrogen-bond acceptors (Lipinski definition) is 5. The summed E-state index contributed by atoms with van der Waals surface area (Å²) in [6, 6.07) is 8.40. The van der Waals surface area contributed by atoms with E-state index >= 15 is 0 Å². The summed E-state index contributed by atoms with van der Waals surface area (Å²) in [4.78, 5) is 24.2. The van der Waals surface area contributed by atoms with Crippen molar-refractivity contribution in [3.63, 3.8) is 0 Å². The van der Waals surface area contributed by atoms with Crippen LogP contribution in [0.5, 0.6) is 0 Å². The van der Waals surface area contributed by atoms with E-state index in [4.69, 9.17) is 4.74 Å². The second kappa shape index (κ2) is 7.27. The van der Waals surface area contributed by atoms with Crippen molar-refractivity contribution >= 4 is 17.6 Å². The largest absolute Gasteiger partial charge is 0.450 e. The van der Waals surface area contributed by atoms with Crippen molar-refractivity contribution in [2.24, 2.45) is 7.05 Å². The van der Waals surface area contributed by atoms with Gasteiger partial charge >= 0.3 is 5.97 Å². The zero-order valence-electron chi connectivity index (χ0n) is 14.1. The molecule has 0 saturated carbocycles. The number of carbonyl (C=O) groups is 2. The summed E-state index contributed by atoms with van der Waals surface area (Å²) < 4.78 is 6.71. The number of esters is 1. The number of rotatable bonds is 5. The number of nitrogens with one attached hydrogen (secondary N) is 1. The van der Waals surface area contributed by atoms with Gasteiger partial charge in [0, 0.05) is 7.05 Å². The highest BCUT2D eigenvalue weighted by atomic mass is 16.6. The Labute approximate surface area is 140 Å². The molecule has 2 rings (SSSR count). The minimum atomic E-state index is -1.43. The maximum atomic E-state index is 12.2. The second-order valence-corrected chi connectivity index (χ2v) is 5.55. The van der Waals surface area contributed by atoms with E-state index in [1.807, 2.05) is 6.92 Å². The lowest BCUT2D eigenvalue weighted by molar-refractivity contribution is -0.162. The molecular formula is C17H21N3O4. The maximum Gasteiger partial charge on any atom is 0.340 e. The van der Waals surface area contributed by atoms with Gasteiger partial charge in [-0.1, -0.05) is 30.3 Å². The summed E-state index contributed by atoms with van der Waals surface area (Å²) in [6.45, 7) is 5.05. The van der Waals surface area contributed by atoms with Crippen molar-refractivity contribution in [2.45, 2.75) is 33.0 Å². The van der Waals surface area contributed by atoms with E-state index in [9.17, 15) is 14.7 Å². The van der Waals surface area contributed by atoms with Gasteiger partial charge in [-0.2, -0.15) is 5.10 Å². The average molecular weight is 331 g/mol. The molecular weight excluding hydrogens is 310 g/mol. The topological polar surface area (TPSA) is 93.5 Å². The monoisotopic (exact) mass is 331 g/mol. The van der Waals surface area contributed by atoms with Gasteiger partial charge in [0.15, 0.2) is 12.2 Å². The Morgan fingerprint density at radius 3 is 2.42 bits per heavy atom. The second-order valence-electron chi connectivity index (χ2n) is 5.55. The highest BCUT2D eigenvalue weighted by Crippen LogP contribution is 2.19. The molecule has 1 amide bonds. The van der Waals surface area contributed by atoms with E-state index in [2.05, 4.69) is 10.4 Å². The Balaban J connectivity index is 2.00. The van der Waals surface area contributed by atoms with Crippen LogP contribution in [0.25, 0.3) is 0 Å². The third-order valence-electron chi connectivity index (χ3n) is 3.76. The first-order valence-corrected chi connectivity index (χ1v) is 7.55. The number of anilines is 1. The molecule has 24 heavy (non-hydrogen) atoms. The molecule has 2 aromatic rings. The summed E-state index contributed by atoms with van der Waals surface area (Å²) in [7, 11) is 1.78. The fraction of sp³-hybridized carbons (Fsp3) is 0.353. The lowest BCUT2D eigenvalue weighted by atomic mass is 10.1. The molecule has 1 heterocycles. The first kappa shape index (κ1) is 17.7. The minimum absolute atomic E-state index is 0.411. The third kappa shape index (κ3) is 3.80. The number of carbonyl (C=O) groups excluding carboxylic acids is 2. The van der Waals surface area contributed by atoms with Crippen LogP contribution in [0, 0.1) is 13.8 Å². The van der Waals surface area contributed by atoms with Gasteiger partial charge in [0.1, 0.15) is 0 Å². The molecule has 2 N–H and O–H groups in total. The molecule has 0 radical (unpaired) electrons. The molecule has 0 unspecified atom stereocenters. The Hall–Kier alpha value is -2.67. The first-order valence-electron chi connectivity index (χ1n) is 7.55. The first-order chi connectivity index (χ1) is 11.3. The predicted octanol–water partition coefficient (Wildman–Crippen LogP) is 1.64. The zero-order valence-corrected chi connectivity index (χ0v) is 14.1. The normalized spacial score (nSPS) is 13.2. The van der Waals surface area contributed by atoms with E-state index in [1.165, 1.54) is 6.92 Å². The lowest BCUT2D eigenvalue weighted by Gasteiger charge is -2.16. The molecule has 2 atom stereocenters. The van der Waals surface area contributed by atoms with Crippen molar-refractivity contribution in [1.82, 2.24) is 9.78 Å². The Morgan fingerprint density at radius 2 is 1.88 bits per heavy atom. The fourth-order valence-electron chi connectivity index (χ4n) is 2.24. The standard InChI is InChI=1S/C17H21N3O4/c1-10-14(11(2)20(4)19-10)18-16(22)12(3)24-17(23)15(21)13-8-6-5-7-9-13/h5-9,12,15,21H,1-4H3,(H,18,22)/t12-,15-/m0/s1.